The first kappa shape index (κ1) is 13.0. The minimum atomic E-state index is -0.440. The first-order valence-corrected chi connectivity index (χ1v) is 5.57. The third-order valence-corrected chi connectivity index (χ3v) is 2.59. The van der Waals surface area contributed by atoms with Gasteiger partial charge in [0.05, 0.1) is 18.0 Å². The Labute approximate surface area is 99.0 Å². The summed E-state index contributed by atoms with van der Waals surface area (Å²) in [5.41, 5.74) is 0.108. The van der Waals surface area contributed by atoms with Crippen LogP contribution in [0.3, 0.4) is 0 Å². The summed E-state index contributed by atoms with van der Waals surface area (Å²) < 4.78 is 1.16. The number of hydrogen-bond donors (Lipinski definition) is 2. The zero-order chi connectivity index (χ0) is 12.1. The SMILES string of the molecule is CCCC(O)CNc1cnn(C)c(=O)c1Cl. The van der Waals surface area contributed by atoms with Gasteiger partial charge in [0.2, 0.25) is 0 Å². The van der Waals surface area contributed by atoms with E-state index in [4.69, 9.17) is 11.6 Å². The van der Waals surface area contributed by atoms with E-state index in [0.29, 0.717) is 18.7 Å². The van der Waals surface area contributed by atoms with Crippen molar-refractivity contribution < 1.29 is 5.11 Å². The zero-order valence-electron chi connectivity index (χ0n) is 9.40. The number of aromatic nitrogens is 2. The lowest BCUT2D eigenvalue weighted by Crippen LogP contribution is -2.24. The monoisotopic (exact) mass is 245 g/mol. The van der Waals surface area contributed by atoms with Crippen molar-refractivity contribution in [2.24, 2.45) is 7.05 Å². The van der Waals surface area contributed by atoms with E-state index in [-0.39, 0.29) is 10.6 Å². The van der Waals surface area contributed by atoms with Crippen LogP contribution in [-0.4, -0.2) is 27.5 Å². The van der Waals surface area contributed by atoms with Crippen LogP contribution in [0.4, 0.5) is 5.69 Å². The fourth-order valence-corrected chi connectivity index (χ4v) is 1.53. The fraction of sp³-hybridized carbons (Fsp3) is 0.600. The molecule has 0 aliphatic heterocycles. The molecule has 1 atom stereocenters. The second kappa shape index (κ2) is 5.86. The van der Waals surface area contributed by atoms with Crippen LogP contribution in [0.2, 0.25) is 5.02 Å². The molecule has 0 aliphatic rings. The van der Waals surface area contributed by atoms with Crippen LogP contribution < -0.4 is 10.9 Å². The molecule has 90 valence electrons. The van der Waals surface area contributed by atoms with E-state index >= 15 is 0 Å². The van der Waals surface area contributed by atoms with Crippen molar-refractivity contribution in [3.8, 4) is 0 Å². The first-order chi connectivity index (χ1) is 7.56. The van der Waals surface area contributed by atoms with Gasteiger partial charge < -0.3 is 10.4 Å². The number of halogens is 1. The van der Waals surface area contributed by atoms with Gasteiger partial charge in [0.25, 0.3) is 5.56 Å². The van der Waals surface area contributed by atoms with Crippen molar-refractivity contribution in [3.63, 3.8) is 0 Å². The predicted molar refractivity (Wildman–Crippen MR) is 63.9 cm³/mol. The average molecular weight is 246 g/mol. The van der Waals surface area contributed by atoms with Gasteiger partial charge in [-0.15, -0.1) is 0 Å². The van der Waals surface area contributed by atoms with Gasteiger partial charge in [0.1, 0.15) is 5.02 Å². The highest BCUT2D eigenvalue weighted by Crippen LogP contribution is 2.14. The smallest absolute Gasteiger partial charge is 0.287 e. The van der Waals surface area contributed by atoms with E-state index in [1.807, 2.05) is 6.92 Å². The van der Waals surface area contributed by atoms with Gasteiger partial charge >= 0.3 is 0 Å². The summed E-state index contributed by atoms with van der Waals surface area (Å²) in [6, 6.07) is 0. The average Bonchev–Trinajstić information content (AvgIpc) is 2.25. The summed E-state index contributed by atoms with van der Waals surface area (Å²) in [4.78, 5) is 11.4. The summed E-state index contributed by atoms with van der Waals surface area (Å²) in [7, 11) is 1.53. The Bertz CT molecular complexity index is 406. The van der Waals surface area contributed by atoms with E-state index in [9.17, 15) is 9.90 Å². The molecule has 0 saturated carbocycles. The Morgan fingerprint density at radius 1 is 1.69 bits per heavy atom. The minimum absolute atomic E-state index is 0.0983. The predicted octanol–water partition coefficient (Wildman–Crippen LogP) is 1.01. The van der Waals surface area contributed by atoms with Crippen LogP contribution in [0.1, 0.15) is 19.8 Å². The Kier molecular flexibility index (Phi) is 4.76. The number of anilines is 1. The van der Waals surface area contributed by atoms with Gasteiger partial charge in [0.15, 0.2) is 0 Å². The van der Waals surface area contributed by atoms with Crippen LogP contribution in [-0.2, 0) is 7.05 Å². The molecular formula is C10H16ClN3O2. The number of nitrogens with one attached hydrogen (secondary N) is 1. The van der Waals surface area contributed by atoms with Gasteiger partial charge in [-0.2, -0.15) is 5.10 Å². The highest BCUT2D eigenvalue weighted by atomic mass is 35.5. The molecule has 0 fully saturated rings. The summed E-state index contributed by atoms with van der Waals surface area (Å²) >= 11 is 5.84. The van der Waals surface area contributed by atoms with Gasteiger partial charge in [-0.05, 0) is 6.42 Å². The van der Waals surface area contributed by atoms with Crippen molar-refractivity contribution in [1.82, 2.24) is 9.78 Å². The maximum absolute atomic E-state index is 11.4. The van der Waals surface area contributed by atoms with Crippen molar-refractivity contribution in [2.75, 3.05) is 11.9 Å². The number of rotatable bonds is 5. The van der Waals surface area contributed by atoms with E-state index in [1.165, 1.54) is 13.2 Å². The molecule has 1 unspecified atom stereocenters. The molecule has 2 N–H and O–H groups in total. The van der Waals surface area contributed by atoms with Crippen LogP contribution in [0.15, 0.2) is 11.0 Å². The second-order valence-electron chi connectivity index (χ2n) is 3.62. The molecule has 0 aliphatic carbocycles. The van der Waals surface area contributed by atoms with E-state index in [2.05, 4.69) is 10.4 Å². The lowest BCUT2D eigenvalue weighted by molar-refractivity contribution is 0.176. The number of aryl methyl sites for hydroxylation is 1. The summed E-state index contributed by atoms with van der Waals surface area (Å²) in [5.74, 6) is 0. The van der Waals surface area contributed by atoms with Crippen LogP contribution in [0, 0.1) is 0 Å². The Hall–Kier alpha value is -1.07. The molecule has 0 spiro atoms. The largest absolute Gasteiger partial charge is 0.391 e. The summed E-state index contributed by atoms with van der Waals surface area (Å²) in [5, 5.41) is 16.4. The molecule has 0 aromatic carbocycles. The first-order valence-electron chi connectivity index (χ1n) is 5.20. The Morgan fingerprint density at radius 2 is 2.38 bits per heavy atom. The minimum Gasteiger partial charge on any atom is -0.391 e. The number of aliphatic hydroxyl groups is 1. The molecule has 1 rings (SSSR count). The van der Waals surface area contributed by atoms with E-state index in [0.717, 1.165) is 11.1 Å². The van der Waals surface area contributed by atoms with Crippen molar-refractivity contribution in [3.05, 3.63) is 21.6 Å². The van der Waals surface area contributed by atoms with Gasteiger partial charge in [-0.3, -0.25) is 4.79 Å². The molecule has 1 aromatic rings. The highest BCUT2D eigenvalue weighted by molar-refractivity contribution is 6.32. The fourth-order valence-electron chi connectivity index (χ4n) is 1.30. The number of nitrogens with zero attached hydrogens (tertiary/aromatic N) is 2. The molecule has 6 heteroatoms. The standard InChI is InChI=1S/C10H16ClN3O2/c1-3-4-7(15)5-12-8-6-13-14(2)10(16)9(8)11/h6-7,12,15H,3-5H2,1-2H3. The molecule has 0 bridgehead atoms. The zero-order valence-corrected chi connectivity index (χ0v) is 10.2. The third-order valence-electron chi connectivity index (χ3n) is 2.23. The molecule has 5 nitrogen and oxygen atoms in total. The maximum Gasteiger partial charge on any atom is 0.287 e. The maximum atomic E-state index is 11.4. The Balaban J connectivity index is 2.68. The third kappa shape index (κ3) is 3.21. The molecular weight excluding hydrogens is 230 g/mol. The van der Waals surface area contributed by atoms with Crippen molar-refractivity contribution >= 4 is 17.3 Å². The molecule has 1 heterocycles. The number of hydrogen-bond acceptors (Lipinski definition) is 4. The lowest BCUT2D eigenvalue weighted by Gasteiger charge is -2.12. The van der Waals surface area contributed by atoms with E-state index < -0.39 is 6.10 Å². The number of aliphatic hydroxyl groups excluding tert-OH is 1. The topological polar surface area (TPSA) is 67.2 Å². The quantitative estimate of drug-likeness (QED) is 0.813. The normalized spacial score (nSPS) is 12.5. The molecule has 0 amide bonds. The van der Waals surface area contributed by atoms with Gasteiger partial charge in [0, 0.05) is 13.6 Å². The van der Waals surface area contributed by atoms with Crippen LogP contribution in [0.25, 0.3) is 0 Å². The molecule has 16 heavy (non-hydrogen) atoms. The highest BCUT2D eigenvalue weighted by Gasteiger charge is 2.08. The Morgan fingerprint density at radius 3 is 3.00 bits per heavy atom. The van der Waals surface area contributed by atoms with Gasteiger partial charge in [-0.25, -0.2) is 4.68 Å². The summed E-state index contributed by atoms with van der Waals surface area (Å²) in [6.07, 6.45) is 2.65. The van der Waals surface area contributed by atoms with Crippen LogP contribution in [0.5, 0.6) is 0 Å². The molecule has 1 aromatic heterocycles. The van der Waals surface area contributed by atoms with Crippen LogP contribution >= 0.6 is 11.6 Å². The van der Waals surface area contributed by atoms with E-state index in [1.54, 1.807) is 0 Å². The molecule has 0 radical (unpaired) electrons. The van der Waals surface area contributed by atoms with Crippen molar-refractivity contribution in [1.29, 1.82) is 0 Å². The van der Waals surface area contributed by atoms with Crippen molar-refractivity contribution in [2.45, 2.75) is 25.9 Å². The summed E-state index contributed by atoms with van der Waals surface area (Å²) in [6.45, 7) is 2.36. The lowest BCUT2D eigenvalue weighted by atomic mass is 10.2. The van der Waals surface area contributed by atoms with Gasteiger partial charge in [-0.1, -0.05) is 24.9 Å². The second-order valence-corrected chi connectivity index (χ2v) is 4.00. The molecule has 0 saturated heterocycles.